The van der Waals surface area contributed by atoms with E-state index in [9.17, 15) is 14.4 Å². The van der Waals surface area contributed by atoms with E-state index in [1.54, 1.807) is 0 Å². The van der Waals surface area contributed by atoms with Crippen molar-refractivity contribution < 1.29 is 19.1 Å². The molecule has 6 heteroatoms. The summed E-state index contributed by atoms with van der Waals surface area (Å²) in [7, 11) is 1.29. The van der Waals surface area contributed by atoms with E-state index in [0.717, 1.165) is 11.1 Å². The van der Waals surface area contributed by atoms with Gasteiger partial charge in [-0.15, -0.1) is 0 Å². The first-order chi connectivity index (χ1) is 13.0. The maximum absolute atomic E-state index is 12.6. The van der Waals surface area contributed by atoms with Crippen molar-refractivity contribution in [3.05, 3.63) is 71.8 Å². The summed E-state index contributed by atoms with van der Waals surface area (Å²) >= 11 is 0. The third kappa shape index (κ3) is 6.58. The number of carbonyl (C=O) groups is 3. The summed E-state index contributed by atoms with van der Waals surface area (Å²) in [4.78, 5) is 36.1. The Morgan fingerprint density at radius 2 is 1.52 bits per heavy atom. The Bertz CT molecular complexity index is 762. The van der Waals surface area contributed by atoms with Crippen molar-refractivity contribution in [3.63, 3.8) is 0 Å². The van der Waals surface area contributed by atoms with Crippen molar-refractivity contribution in [1.29, 1.82) is 0 Å². The second-order valence-corrected chi connectivity index (χ2v) is 6.20. The molecule has 0 fully saturated rings. The third-order valence-corrected chi connectivity index (χ3v) is 4.07. The fourth-order valence-electron chi connectivity index (χ4n) is 2.81. The SMILES string of the molecule is COC(=O)C(Cc1ccccc1)NC(=O)CC(NC(C)=O)c1ccccc1. The number of ether oxygens (including phenoxy) is 1. The molecule has 2 aromatic rings. The summed E-state index contributed by atoms with van der Waals surface area (Å²) in [5.74, 6) is -1.09. The smallest absolute Gasteiger partial charge is 0.328 e. The standard InChI is InChI=1S/C21H24N2O4/c1-15(24)22-18(17-11-7-4-8-12-17)14-20(25)23-19(21(26)27-2)13-16-9-5-3-6-10-16/h3-12,18-19H,13-14H2,1-2H3,(H,22,24)(H,23,25). The van der Waals surface area contributed by atoms with Crippen molar-refractivity contribution in [2.24, 2.45) is 0 Å². The number of esters is 1. The van der Waals surface area contributed by atoms with Crippen LogP contribution in [0.5, 0.6) is 0 Å². The van der Waals surface area contributed by atoms with Gasteiger partial charge in [0.25, 0.3) is 0 Å². The fourth-order valence-corrected chi connectivity index (χ4v) is 2.81. The first-order valence-electron chi connectivity index (χ1n) is 8.72. The van der Waals surface area contributed by atoms with Crippen LogP contribution in [0.1, 0.15) is 30.5 Å². The van der Waals surface area contributed by atoms with Crippen LogP contribution in [-0.4, -0.2) is 30.9 Å². The molecule has 0 heterocycles. The zero-order valence-corrected chi connectivity index (χ0v) is 15.5. The number of benzene rings is 2. The topological polar surface area (TPSA) is 84.5 Å². The van der Waals surface area contributed by atoms with Crippen LogP contribution in [0.2, 0.25) is 0 Å². The highest BCUT2D eigenvalue weighted by atomic mass is 16.5. The molecule has 2 atom stereocenters. The van der Waals surface area contributed by atoms with Crippen LogP contribution in [0.4, 0.5) is 0 Å². The lowest BCUT2D eigenvalue weighted by molar-refractivity contribution is -0.145. The molecule has 2 rings (SSSR count). The zero-order valence-electron chi connectivity index (χ0n) is 15.5. The molecule has 2 aromatic carbocycles. The average molecular weight is 368 g/mol. The van der Waals surface area contributed by atoms with E-state index in [-0.39, 0.29) is 18.2 Å². The highest BCUT2D eigenvalue weighted by Gasteiger charge is 2.24. The number of methoxy groups -OCH3 is 1. The van der Waals surface area contributed by atoms with Gasteiger partial charge in [-0.25, -0.2) is 4.79 Å². The summed E-state index contributed by atoms with van der Waals surface area (Å²) in [5.41, 5.74) is 1.73. The molecular formula is C21H24N2O4. The molecule has 27 heavy (non-hydrogen) atoms. The molecule has 0 saturated heterocycles. The summed E-state index contributed by atoms with van der Waals surface area (Å²) in [6, 6.07) is 17.3. The lowest BCUT2D eigenvalue weighted by atomic mass is 10.0. The molecule has 142 valence electrons. The molecule has 0 aromatic heterocycles. The molecule has 0 radical (unpaired) electrons. The van der Waals surface area contributed by atoms with E-state index in [4.69, 9.17) is 4.74 Å². The van der Waals surface area contributed by atoms with Crippen LogP contribution in [0.25, 0.3) is 0 Å². The van der Waals surface area contributed by atoms with E-state index in [0.29, 0.717) is 6.42 Å². The minimum atomic E-state index is -0.793. The van der Waals surface area contributed by atoms with Gasteiger partial charge < -0.3 is 15.4 Å². The van der Waals surface area contributed by atoms with Gasteiger partial charge in [0, 0.05) is 13.3 Å². The number of hydrogen-bond donors (Lipinski definition) is 2. The highest BCUT2D eigenvalue weighted by Crippen LogP contribution is 2.17. The van der Waals surface area contributed by atoms with Gasteiger partial charge in [0.2, 0.25) is 11.8 Å². The van der Waals surface area contributed by atoms with Gasteiger partial charge in [-0.1, -0.05) is 60.7 Å². The van der Waals surface area contributed by atoms with Gasteiger partial charge in [-0.05, 0) is 11.1 Å². The number of amides is 2. The van der Waals surface area contributed by atoms with Crippen molar-refractivity contribution >= 4 is 17.8 Å². The Balaban J connectivity index is 2.08. The summed E-state index contributed by atoms with van der Waals surface area (Å²) in [6.07, 6.45) is 0.348. The number of hydrogen-bond acceptors (Lipinski definition) is 4. The monoisotopic (exact) mass is 368 g/mol. The maximum Gasteiger partial charge on any atom is 0.328 e. The van der Waals surface area contributed by atoms with E-state index in [1.165, 1.54) is 14.0 Å². The molecule has 0 aliphatic carbocycles. The van der Waals surface area contributed by atoms with Crippen molar-refractivity contribution in [2.75, 3.05) is 7.11 Å². The predicted octanol–water partition coefficient (Wildman–Crippen LogP) is 2.15. The largest absolute Gasteiger partial charge is 0.467 e. The molecule has 0 aliphatic heterocycles. The van der Waals surface area contributed by atoms with Crippen molar-refractivity contribution in [2.45, 2.75) is 31.8 Å². The van der Waals surface area contributed by atoms with Gasteiger partial charge >= 0.3 is 5.97 Å². The first-order valence-corrected chi connectivity index (χ1v) is 8.72. The van der Waals surface area contributed by atoms with Gasteiger partial charge in [-0.2, -0.15) is 0 Å². The second-order valence-electron chi connectivity index (χ2n) is 6.20. The molecule has 0 spiro atoms. The lowest BCUT2D eigenvalue weighted by Crippen LogP contribution is -2.44. The number of nitrogens with one attached hydrogen (secondary N) is 2. The lowest BCUT2D eigenvalue weighted by Gasteiger charge is -2.21. The highest BCUT2D eigenvalue weighted by molar-refractivity contribution is 5.85. The zero-order chi connectivity index (χ0) is 19.6. The Morgan fingerprint density at radius 3 is 2.07 bits per heavy atom. The number of carbonyl (C=O) groups excluding carboxylic acids is 3. The maximum atomic E-state index is 12.6. The Kier molecular flexibility index (Phi) is 7.55. The van der Waals surface area contributed by atoms with E-state index in [1.807, 2.05) is 60.7 Å². The molecule has 6 nitrogen and oxygen atoms in total. The molecule has 2 amide bonds. The van der Waals surface area contributed by atoms with Gasteiger partial charge in [0.05, 0.1) is 19.6 Å². The normalized spacial score (nSPS) is 12.5. The van der Waals surface area contributed by atoms with E-state index in [2.05, 4.69) is 10.6 Å². The molecular weight excluding hydrogens is 344 g/mol. The Hall–Kier alpha value is -3.15. The third-order valence-electron chi connectivity index (χ3n) is 4.07. The van der Waals surface area contributed by atoms with Crippen LogP contribution in [0.3, 0.4) is 0 Å². The minimum absolute atomic E-state index is 0.0197. The van der Waals surface area contributed by atoms with E-state index < -0.39 is 18.1 Å². The fraction of sp³-hybridized carbons (Fsp3) is 0.286. The molecule has 0 saturated carbocycles. The summed E-state index contributed by atoms with van der Waals surface area (Å²) < 4.78 is 4.82. The van der Waals surface area contributed by atoms with Crippen LogP contribution < -0.4 is 10.6 Å². The first kappa shape index (κ1) is 20.2. The van der Waals surface area contributed by atoms with Crippen molar-refractivity contribution in [1.82, 2.24) is 10.6 Å². The number of rotatable bonds is 8. The van der Waals surface area contributed by atoms with Crippen LogP contribution >= 0.6 is 0 Å². The summed E-state index contributed by atoms with van der Waals surface area (Å²) in [6.45, 7) is 1.40. The van der Waals surface area contributed by atoms with Crippen molar-refractivity contribution in [3.8, 4) is 0 Å². The van der Waals surface area contributed by atoms with Gasteiger partial charge in [-0.3, -0.25) is 9.59 Å². The second kappa shape index (κ2) is 10.1. The van der Waals surface area contributed by atoms with Gasteiger partial charge in [0.1, 0.15) is 6.04 Å². The molecule has 0 bridgehead atoms. The van der Waals surface area contributed by atoms with Gasteiger partial charge in [0.15, 0.2) is 0 Å². The van der Waals surface area contributed by atoms with Crippen LogP contribution in [-0.2, 0) is 25.5 Å². The predicted molar refractivity (Wildman–Crippen MR) is 102 cm³/mol. The van der Waals surface area contributed by atoms with E-state index >= 15 is 0 Å². The molecule has 0 aliphatic rings. The Morgan fingerprint density at radius 1 is 0.926 bits per heavy atom. The molecule has 2 unspecified atom stereocenters. The Labute approximate surface area is 158 Å². The molecule has 2 N–H and O–H groups in total. The van der Waals surface area contributed by atoms with Crippen LogP contribution in [0, 0.1) is 0 Å². The minimum Gasteiger partial charge on any atom is -0.467 e. The summed E-state index contributed by atoms with van der Waals surface area (Å²) in [5, 5.41) is 5.50. The quantitative estimate of drug-likeness (QED) is 0.700. The van der Waals surface area contributed by atoms with Crippen LogP contribution in [0.15, 0.2) is 60.7 Å². The average Bonchev–Trinajstić information content (AvgIpc) is 2.67.